The highest BCUT2D eigenvalue weighted by atomic mass is 16.5. The molecule has 0 unspecified atom stereocenters. The maximum atomic E-state index is 5.69. The van der Waals surface area contributed by atoms with Crippen LogP contribution in [0.3, 0.4) is 0 Å². The molecule has 0 radical (unpaired) electrons. The van der Waals surface area contributed by atoms with Gasteiger partial charge in [-0.25, -0.2) is 0 Å². The van der Waals surface area contributed by atoms with Gasteiger partial charge in [0.15, 0.2) is 0 Å². The summed E-state index contributed by atoms with van der Waals surface area (Å²) in [4.78, 5) is 0. The van der Waals surface area contributed by atoms with Gasteiger partial charge in [-0.2, -0.15) is 0 Å². The third kappa shape index (κ3) is 7.16. The van der Waals surface area contributed by atoms with Crippen molar-refractivity contribution in [1.29, 1.82) is 0 Å². The zero-order chi connectivity index (χ0) is 13.8. The van der Waals surface area contributed by atoms with Gasteiger partial charge in [0.1, 0.15) is 5.75 Å². The minimum atomic E-state index is 0.596. The predicted octanol–water partition coefficient (Wildman–Crippen LogP) is 5.57. The van der Waals surface area contributed by atoms with Gasteiger partial charge in [0.2, 0.25) is 0 Å². The molecule has 0 aromatic heterocycles. The van der Waals surface area contributed by atoms with Crippen LogP contribution in [0.25, 0.3) is 0 Å². The van der Waals surface area contributed by atoms with E-state index >= 15 is 0 Å². The molecule has 0 aliphatic rings. The summed E-state index contributed by atoms with van der Waals surface area (Å²) in [5.74, 6) is 1.60. The van der Waals surface area contributed by atoms with Crippen molar-refractivity contribution in [2.24, 2.45) is 0 Å². The molecule has 102 valence electrons. The fraction of sp³-hybridized carbons (Fsp3) is 0.529. The van der Waals surface area contributed by atoms with Crippen LogP contribution in [0.5, 0.6) is 5.75 Å². The Morgan fingerprint density at radius 1 is 1.00 bits per heavy atom. The highest BCUT2D eigenvalue weighted by Gasteiger charge is 1.99. The standard InChI is InChI=1S/C15H24O.C2H4/c1-4-5-6-7-12-16-15-10-8-14(9-11-15)13(2)3;1-2/h8-11,13H,4-7,12H2,1-3H3;1-2H2. The molecule has 1 aromatic carbocycles. The molecule has 0 amide bonds. The minimum Gasteiger partial charge on any atom is -0.494 e. The van der Waals surface area contributed by atoms with Crippen molar-refractivity contribution in [2.45, 2.75) is 52.4 Å². The fourth-order valence-corrected chi connectivity index (χ4v) is 1.67. The first-order chi connectivity index (χ1) is 8.74. The van der Waals surface area contributed by atoms with E-state index in [-0.39, 0.29) is 0 Å². The molecule has 1 aromatic rings. The van der Waals surface area contributed by atoms with Crippen molar-refractivity contribution in [1.82, 2.24) is 0 Å². The molecule has 1 rings (SSSR count). The second kappa shape index (κ2) is 10.9. The first-order valence-electron chi connectivity index (χ1n) is 6.96. The maximum absolute atomic E-state index is 5.69. The van der Waals surface area contributed by atoms with Crippen LogP contribution in [0.2, 0.25) is 0 Å². The second-order valence-corrected chi connectivity index (χ2v) is 4.63. The average Bonchev–Trinajstić information content (AvgIpc) is 2.41. The van der Waals surface area contributed by atoms with Crippen molar-refractivity contribution in [2.75, 3.05) is 6.61 Å². The van der Waals surface area contributed by atoms with Gasteiger partial charge < -0.3 is 4.74 Å². The van der Waals surface area contributed by atoms with E-state index in [0.717, 1.165) is 12.4 Å². The van der Waals surface area contributed by atoms with Gasteiger partial charge in [-0.1, -0.05) is 52.2 Å². The molecule has 0 spiro atoms. The molecule has 1 nitrogen and oxygen atoms in total. The number of unbranched alkanes of at least 4 members (excludes halogenated alkanes) is 3. The van der Waals surface area contributed by atoms with Gasteiger partial charge in [-0.15, -0.1) is 13.2 Å². The van der Waals surface area contributed by atoms with Gasteiger partial charge in [0.05, 0.1) is 6.61 Å². The number of rotatable bonds is 7. The largest absolute Gasteiger partial charge is 0.494 e. The minimum absolute atomic E-state index is 0.596. The summed E-state index contributed by atoms with van der Waals surface area (Å²) in [5.41, 5.74) is 1.37. The summed E-state index contributed by atoms with van der Waals surface area (Å²) in [5, 5.41) is 0. The molecule has 0 heterocycles. The Hall–Kier alpha value is -1.24. The number of hydrogen-bond acceptors (Lipinski definition) is 1. The highest BCUT2D eigenvalue weighted by Crippen LogP contribution is 2.18. The summed E-state index contributed by atoms with van der Waals surface area (Å²) in [6.07, 6.45) is 5.04. The Morgan fingerprint density at radius 2 is 1.61 bits per heavy atom. The van der Waals surface area contributed by atoms with E-state index in [0.29, 0.717) is 5.92 Å². The monoisotopic (exact) mass is 248 g/mol. The maximum Gasteiger partial charge on any atom is 0.119 e. The SMILES string of the molecule is C=C.CCCCCCOc1ccc(C(C)C)cc1. The number of ether oxygens (including phenoxy) is 1. The second-order valence-electron chi connectivity index (χ2n) is 4.63. The van der Waals surface area contributed by atoms with Gasteiger partial charge in [-0.05, 0) is 30.0 Å². The van der Waals surface area contributed by atoms with Crippen molar-refractivity contribution < 1.29 is 4.74 Å². The molecular weight excluding hydrogens is 220 g/mol. The van der Waals surface area contributed by atoms with Crippen LogP contribution < -0.4 is 4.74 Å². The molecule has 0 atom stereocenters. The Bertz CT molecular complexity index is 287. The van der Waals surface area contributed by atoms with Crippen LogP contribution in [0.15, 0.2) is 37.4 Å². The molecule has 0 bridgehead atoms. The number of hydrogen-bond donors (Lipinski definition) is 0. The number of benzene rings is 1. The van der Waals surface area contributed by atoms with E-state index in [4.69, 9.17) is 4.74 Å². The van der Waals surface area contributed by atoms with E-state index in [2.05, 4.69) is 58.2 Å². The zero-order valence-electron chi connectivity index (χ0n) is 12.2. The van der Waals surface area contributed by atoms with Gasteiger partial charge in [0, 0.05) is 0 Å². The highest BCUT2D eigenvalue weighted by molar-refractivity contribution is 5.28. The third-order valence-corrected chi connectivity index (χ3v) is 2.81. The summed E-state index contributed by atoms with van der Waals surface area (Å²) in [7, 11) is 0. The van der Waals surface area contributed by atoms with E-state index in [1.165, 1.54) is 31.2 Å². The van der Waals surface area contributed by atoms with Crippen LogP contribution in [0, 0.1) is 0 Å². The molecule has 0 aliphatic carbocycles. The van der Waals surface area contributed by atoms with E-state index < -0.39 is 0 Å². The van der Waals surface area contributed by atoms with Gasteiger partial charge in [-0.3, -0.25) is 0 Å². The van der Waals surface area contributed by atoms with Crippen molar-refractivity contribution >= 4 is 0 Å². The summed E-state index contributed by atoms with van der Waals surface area (Å²) in [6.45, 7) is 13.5. The Morgan fingerprint density at radius 3 is 2.11 bits per heavy atom. The quantitative estimate of drug-likeness (QED) is 0.452. The fourth-order valence-electron chi connectivity index (χ4n) is 1.67. The molecule has 0 saturated carbocycles. The summed E-state index contributed by atoms with van der Waals surface area (Å²) >= 11 is 0. The van der Waals surface area contributed by atoms with Crippen molar-refractivity contribution in [3.63, 3.8) is 0 Å². The van der Waals surface area contributed by atoms with Gasteiger partial charge in [0.25, 0.3) is 0 Å². The lowest BCUT2D eigenvalue weighted by atomic mass is 10.0. The Balaban J connectivity index is 0.00000137. The Labute approximate surface area is 113 Å². The normalized spacial score (nSPS) is 9.78. The average molecular weight is 248 g/mol. The van der Waals surface area contributed by atoms with Gasteiger partial charge >= 0.3 is 0 Å². The molecule has 0 saturated heterocycles. The smallest absolute Gasteiger partial charge is 0.119 e. The lowest BCUT2D eigenvalue weighted by Crippen LogP contribution is -1.97. The van der Waals surface area contributed by atoms with Crippen LogP contribution in [-0.4, -0.2) is 6.61 Å². The Kier molecular flexibility index (Phi) is 10.1. The first-order valence-corrected chi connectivity index (χ1v) is 6.96. The zero-order valence-corrected chi connectivity index (χ0v) is 12.2. The van der Waals surface area contributed by atoms with E-state index in [9.17, 15) is 0 Å². The molecule has 18 heavy (non-hydrogen) atoms. The van der Waals surface area contributed by atoms with E-state index in [1.807, 2.05) is 0 Å². The lowest BCUT2D eigenvalue weighted by molar-refractivity contribution is 0.305. The van der Waals surface area contributed by atoms with Crippen molar-refractivity contribution in [3.05, 3.63) is 43.0 Å². The first kappa shape index (κ1) is 16.8. The molecule has 0 fully saturated rings. The van der Waals surface area contributed by atoms with E-state index in [1.54, 1.807) is 0 Å². The van der Waals surface area contributed by atoms with Crippen LogP contribution in [0.4, 0.5) is 0 Å². The molecular formula is C17H28O. The summed E-state index contributed by atoms with van der Waals surface area (Å²) in [6, 6.07) is 8.47. The molecule has 0 aliphatic heterocycles. The molecule has 0 N–H and O–H groups in total. The van der Waals surface area contributed by atoms with Crippen LogP contribution in [0.1, 0.15) is 57.9 Å². The van der Waals surface area contributed by atoms with Crippen molar-refractivity contribution in [3.8, 4) is 5.75 Å². The lowest BCUT2D eigenvalue weighted by Gasteiger charge is -2.08. The topological polar surface area (TPSA) is 9.23 Å². The summed E-state index contributed by atoms with van der Waals surface area (Å²) < 4.78 is 5.69. The molecule has 1 heteroatoms. The van der Waals surface area contributed by atoms with Crippen LogP contribution >= 0.6 is 0 Å². The van der Waals surface area contributed by atoms with Crippen LogP contribution in [-0.2, 0) is 0 Å². The third-order valence-electron chi connectivity index (χ3n) is 2.81. The predicted molar refractivity (Wildman–Crippen MR) is 81.4 cm³/mol.